The standard InChI is InChI=1S/C15H26N2O3/c1-3-6-12(4-2)16-14(20)17-9-11-7-5-8-15(11,10-17)13(18)19/h11-12H,3-10H2,1-2H3,(H,16,20)(H,18,19)/t11-,12?,15+/m0/s1. The molecule has 0 radical (unpaired) electrons. The number of aliphatic carboxylic acids is 1. The zero-order chi connectivity index (χ0) is 14.8. The van der Waals surface area contributed by atoms with Gasteiger partial charge in [0.15, 0.2) is 0 Å². The lowest BCUT2D eigenvalue weighted by atomic mass is 9.81. The Bertz CT molecular complexity index is 385. The summed E-state index contributed by atoms with van der Waals surface area (Å²) in [4.78, 5) is 25.6. The monoisotopic (exact) mass is 282 g/mol. The molecule has 2 amide bonds. The maximum atomic E-state index is 12.3. The molecule has 1 aliphatic heterocycles. The number of fused-ring (bicyclic) bond motifs is 1. The molecule has 1 heterocycles. The van der Waals surface area contributed by atoms with Crippen molar-refractivity contribution < 1.29 is 14.7 Å². The first kappa shape index (κ1) is 15.1. The predicted octanol–water partition coefficient (Wildman–Crippen LogP) is 2.46. The summed E-state index contributed by atoms with van der Waals surface area (Å²) in [5, 5.41) is 12.6. The third-order valence-corrected chi connectivity index (χ3v) is 5.04. The molecule has 1 saturated heterocycles. The van der Waals surface area contributed by atoms with Gasteiger partial charge in [0, 0.05) is 19.1 Å². The normalized spacial score (nSPS) is 30.1. The summed E-state index contributed by atoms with van der Waals surface area (Å²) in [5.74, 6) is -0.590. The third kappa shape index (κ3) is 2.63. The summed E-state index contributed by atoms with van der Waals surface area (Å²) < 4.78 is 0. The lowest BCUT2D eigenvalue weighted by molar-refractivity contribution is -0.149. The number of hydrogen-bond acceptors (Lipinski definition) is 2. The van der Waals surface area contributed by atoms with Crippen molar-refractivity contribution in [3.63, 3.8) is 0 Å². The van der Waals surface area contributed by atoms with Crippen LogP contribution < -0.4 is 5.32 Å². The van der Waals surface area contributed by atoms with Crippen LogP contribution in [0.1, 0.15) is 52.4 Å². The average Bonchev–Trinajstić information content (AvgIpc) is 2.95. The van der Waals surface area contributed by atoms with E-state index in [9.17, 15) is 14.7 Å². The number of nitrogens with one attached hydrogen (secondary N) is 1. The second-order valence-corrected chi connectivity index (χ2v) is 6.27. The molecule has 0 aromatic rings. The van der Waals surface area contributed by atoms with Gasteiger partial charge in [-0.2, -0.15) is 0 Å². The minimum atomic E-state index is -0.726. The van der Waals surface area contributed by atoms with Crippen LogP contribution in [-0.4, -0.2) is 41.1 Å². The maximum Gasteiger partial charge on any atom is 0.317 e. The van der Waals surface area contributed by atoms with Gasteiger partial charge in [-0.3, -0.25) is 4.79 Å². The number of carboxylic acids is 1. The first-order valence-corrected chi connectivity index (χ1v) is 7.82. The topological polar surface area (TPSA) is 69.6 Å². The molecular formula is C15H26N2O3. The van der Waals surface area contributed by atoms with Gasteiger partial charge >= 0.3 is 12.0 Å². The van der Waals surface area contributed by atoms with Crippen molar-refractivity contribution in [2.45, 2.75) is 58.4 Å². The molecule has 0 aromatic carbocycles. The zero-order valence-electron chi connectivity index (χ0n) is 12.5. The quantitative estimate of drug-likeness (QED) is 0.813. The molecule has 2 aliphatic rings. The summed E-state index contributed by atoms with van der Waals surface area (Å²) >= 11 is 0. The number of rotatable bonds is 5. The lowest BCUT2D eigenvalue weighted by Crippen LogP contribution is -2.45. The van der Waals surface area contributed by atoms with Gasteiger partial charge in [-0.1, -0.05) is 26.7 Å². The fourth-order valence-electron chi connectivity index (χ4n) is 3.79. The number of carbonyl (C=O) groups is 2. The fourth-order valence-corrected chi connectivity index (χ4v) is 3.79. The minimum absolute atomic E-state index is 0.0830. The maximum absolute atomic E-state index is 12.3. The van der Waals surface area contributed by atoms with E-state index >= 15 is 0 Å². The highest BCUT2D eigenvalue weighted by atomic mass is 16.4. The van der Waals surface area contributed by atoms with Gasteiger partial charge in [0.25, 0.3) is 0 Å². The first-order chi connectivity index (χ1) is 9.53. The van der Waals surface area contributed by atoms with Crippen LogP contribution in [0.15, 0.2) is 0 Å². The van der Waals surface area contributed by atoms with Gasteiger partial charge in [0.05, 0.1) is 5.41 Å². The molecule has 2 rings (SSSR count). The highest BCUT2D eigenvalue weighted by molar-refractivity contribution is 5.80. The van der Waals surface area contributed by atoms with Crippen molar-refractivity contribution in [1.82, 2.24) is 10.2 Å². The average molecular weight is 282 g/mol. The van der Waals surface area contributed by atoms with Gasteiger partial charge < -0.3 is 15.3 Å². The van der Waals surface area contributed by atoms with Crippen LogP contribution in [0.4, 0.5) is 4.79 Å². The van der Waals surface area contributed by atoms with E-state index in [-0.39, 0.29) is 18.0 Å². The predicted molar refractivity (Wildman–Crippen MR) is 76.5 cm³/mol. The Hall–Kier alpha value is -1.26. The van der Waals surface area contributed by atoms with Gasteiger partial charge in [-0.15, -0.1) is 0 Å². The molecule has 1 aliphatic carbocycles. The van der Waals surface area contributed by atoms with E-state index in [1.165, 1.54) is 0 Å². The molecule has 0 bridgehead atoms. The van der Waals surface area contributed by atoms with Gasteiger partial charge in [0.1, 0.15) is 0 Å². The number of carbonyl (C=O) groups excluding carboxylic acids is 1. The number of amides is 2. The fraction of sp³-hybridized carbons (Fsp3) is 0.867. The van der Waals surface area contributed by atoms with E-state index in [2.05, 4.69) is 19.2 Å². The number of carboxylic acid groups (broad SMARTS) is 1. The van der Waals surface area contributed by atoms with Crippen LogP contribution in [-0.2, 0) is 4.79 Å². The van der Waals surface area contributed by atoms with E-state index in [1.807, 2.05) is 0 Å². The molecule has 5 nitrogen and oxygen atoms in total. The number of hydrogen-bond donors (Lipinski definition) is 2. The molecule has 1 saturated carbocycles. The number of urea groups is 1. The molecule has 1 unspecified atom stereocenters. The van der Waals surface area contributed by atoms with Crippen LogP contribution in [0, 0.1) is 11.3 Å². The largest absolute Gasteiger partial charge is 0.481 e. The Morgan fingerprint density at radius 3 is 2.75 bits per heavy atom. The van der Waals surface area contributed by atoms with Crippen LogP contribution in [0.5, 0.6) is 0 Å². The van der Waals surface area contributed by atoms with E-state index in [0.29, 0.717) is 19.5 Å². The molecule has 0 spiro atoms. The molecule has 0 aromatic heterocycles. The molecule has 3 atom stereocenters. The summed E-state index contributed by atoms with van der Waals surface area (Å²) in [5.41, 5.74) is -0.677. The van der Waals surface area contributed by atoms with Crippen molar-refractivity contribution in [3.05, 3.63) is 0 Å². The van der Waals surface area contributed by atoms with Crippen molar-refractivity contribution >= 4 is 12.0 Å². The SMILES string of the molecule is CCCC(CC)NC(=O)N1C[C@@H]2CCC[C@@]2(C(=O)O)C1. The van der Waals surface area contributed by atoms with Crippen LogP contribution >= 0.6 is 0 Å². The van der Waals surface area contributed by atoms with Crippen LogP contribution in [0.3, 0.4) is 0 Å². The van der Waals surface area contributed by atoms with E-state index in [0.717, 1.165) is 32.1 Å². The molecule has 5 heteroatoms. The van der Waals surface area contributed by atoms with Crippen molar-refractivity contribution in [3.8, 4) is 0 Å². The molecular weight excluding hydrogens is 256 g/mol. The highest BCUT2D eigenvalue weighted by Crippen LogP contribution is 2.48. The Morgan fingerprint density at radius 1 is 1.45 bits per heavy atom. The summed E-state index contributed by atoms with van der Waals surface area (Å²) in [6.07, 6.45) is 5.55. The zero-order valence-corrected chi connectivity index (χ0v) is 12.5. The van der Waals surface area contributed by atoms with Crippen LogP contribution in [0.2, 0.25) is 0 Å². The molecule has 114 valence electrons. The Kier molecular flexibility index (Phi) is 4.55. The summed E-state index contributed by atoms with van der Waals surface area (Å²) in [6.45, 7) is 5.15. The second kappa shape index (κ2) is 6.02. The summed E-state index contributed by atoms with van der Waals surface area (Å²) in [6, 6.07) is 0.119. The van der Waals surface area contributed by atoms with Crippen molar-refractivity contribution in [2.24, 2.45) is 11.3 Å². The Morgan fingerprint density at radius 2 is 2.20 bits per heavy atom. The van der Waals surface area contributed by atoms with Gasteiger partial charge in [0.2, 0.25) is 0 Å². The molecule has 20 heavy (non-hydrogen) atoms. The van der Waals surface area contributed by atoms with E-state index < -0.39 is 11.4 Å². The summed E-state index contributed by atoms with van der Waals surface area (Å²) in [7, 11) is 0. The second-order valence-electron chi connectivity index (χ2n) is 6.27. The first-order valence-electron chi connectivity index (χ1n) is 7.82. The molecule has 2 fully saturated rings. The smallest absolute Gasteiger partial charge is 0.317 e. The van der Waals surface area contributed by atoms with E-state index in [4.69, 9.17) is 0 Å². The van der Waals surface area contributed by atoms with Crippen LogP contribution in [0.25, 0.3) is 0 Å². The Balaban J connectivity index is 1.98. The Labute approximate surface area is 120 Å². The van der Waals surface area contributed by atoms with Gasteiger partial charge in [-0.05, 0) is 31.6 Å². The highest BCUT2D eigenvalue weighted by Gasteiger charge is 2.55. The number of nitrogens with zero attached hydrogens (tertiary/aromatic N) is 1. The number of likely N-dealkylation sites (tertiary alicyclic amines) is 1. The molecule has 2 N–H and O–H groups in total. The van der Waals surface area contributed by atoms with Crippen molar-refractivity contribution in [2.75, 3.05) is 13.1 Å². The van der Waals surface area contributed by atoms with E-state index in [1.54, 1.807) is 4.90 Å². The minimum Gasteiger partial charge on any atom is -0.481 e. The third-order valence-electron chi connectivity index (χ3n) is 5.04. The van der Waals surface area contributed by atoms with Crippen molar-refractivity contribution in [1.29, 1.82) is 0 Å². The lowest BCUT2D eigenvalue weighted by Gasteiger charge is -2.25. The van der Waals surface area contributed by atoms with Gasteiger partial charge in [-0.25, -0.2) is 4.79 Å².